The second kappa shape index (κ2) is 11.3. The first-order valence-corrected chi connectivity index (χ1v) is 10.5. The van der Waals surface area contributed by atoms with Crippen LogP contribution in [0.4, 0.5) is 11.4 Å². The zero-order chi connectivity index (χ0) is 24.5. The number of nitrogens with zero attached hydrogens (tertiary/aromatic N) is 2. The van der Waals surface area contributed by atoms with Crippen LogP contribution in [0.2, 0.25) is 0 Å². The standard InChI is InChI=1S/C26H23N3O5/c1-3-33-25-15-19(14-21(16-27)20-9-11-22(12-10-20)29(31)32)8-13-24(25)34-17-26(30)28-23-7-5-4-6-18(23)2/h4-15H,3,17H2,1-2H3,(H,28,30)/b21-14+. The molecule has 0 atom stereocenters. The topological polar surface area (TPSA) is 114 Å². The summed E-state index contributed by atoms with van der Waals surface area (Å²) in [7, 11) is 0. The molecular weight excluding hydrogens is 434 g/mol. The molecule has 0 radical (unpaired) electrons. The summed E-state index contributed by atoms with van der Waals surface area (Å²) in [5, 5.41) is 23.2. The number of carbonyl (C=O) groups is 1. The number of allylic oxidation sites excluding steroid dienone is 1. The van der Waals surface area contributed by atoms with Crippen LogP contribution in [0.15, 0.2) is 66.7 Å². The van der Waals surface area contributed by atoms with Gasteiger partial charge in [-0.2, -0.15) is 5.26 Å². The Morgan fingerprint density at radius 1 is 1.09 bits per heavy atom. The van der Waals surface area contributed by atoms with Crippen molar-refractivity contribution in [2.24, 2.45) is 0 Å². The lowest BCUT2D eigenvalue weighted by Crippen LogP contribution is -2.20. The van der Waals surface area contributed by atoms with Crippen molar-refractivity contribution in [3.63, 3.8) is 0 Å². The van der Waals surface area contributed by atoms with Gasteiger partial charge in [-0.3, -0.25) is 14.9 Å². The molecule has 3 aromatic carbocycles. The summed E-state index contributed by atoms with van der Waals surface area (Å²) in [6, 6.07) is 20.5. The van der Waals surface area contributed by atoms with Crippen LogP contribution in [-0.4, -0.2) is 24.0 Å². The van der Waals surface area contributed by atoms with Gasteiger partial charge in [-0.05, 0) is 66.9 Å². The smallest absolute Gasteiger partial charge is 0.269 e. The van der Waals surface area contributed by atoms with Crippen molar-refractivity contribution in [2.45, 2.75) is 13.8 Å². The summed E-state index contributed by atoms with van der Waals surface area (Å²) in [6.45, 7) is 3.92. The lowest BCUT2D eigenvalue weighted by Gasteiger charge is -2.13. The fourth-order valence-electron chi connectivity index (χ4n) is 3.15. The van der Waals surface area contributed by atoms with Gasteiger partial charge < -0.3 is 14.8 Å². The average molecular weight is 457 g/mol. The average Bonchev–Trinajstić information content (AvgIpc) is 2.83. The Bertz CT molecular complexity index is 1260. The summed E-state index contributed by atoms with van der Waals surface area (Å²) in [5.41, 5.74) is 3.19. The number of carbonyl (C=O) groups excluding carboxylic acids is 1. The number of para-hydroxylation sites is 1. The molecule has 0 fully saturated rings. The van der Waals surface area contributed by atoms with Crippen molar-refractivity contribution in [2.75, 3.05) is 18.5 Å². The van der Waals surface area contributed by atoms with Gasteiger partial charge in [-0.25, -0.2) is 0 Å². The third kappa shape index (κ3) is 6.20. The van der Waals surface area contributed by atoms with Crippen molar-refractivity contribution in [1.82, 2.24) is 0 Å². The highest BCUT2D eigenvalue weighted by molar-refractivity contribution is 5.92. The molecule has 0 aliphatic rings. The zero-order valence-corrected chi connectivity index (χ0v) is 18.8. The van der Waals surface area contributed by atoms with E-state index in [0.717, 1.165) is 11.3 Å². The number of nitrogens with one attached hydrogen (secondary N) is 1. The molecular formula is C26H23N3O5. The van der Waals surface area contributed by atoms with E-state index in [2.05, 4.69) is 11.4 Å². The molecule has 8 nitrogen and oxygen atoms in total. The van der Waals surface area contributed by atoms with E-state index < -0.39 is 4.92 Å². The molecule has 1 amide bonds. The van der Waals surface area contributed by atoms with E-state index in [1.54, 1.807) is 24.3 Å². The molecule has 8 heteroatoms. The van der Waals surface area contributed by atoms with Gasteiger partial charge in [0.2, 0.25) is 0 Å². The molecule has 1 N–H and O–H groups in total. The van der Waals surface area contributed by atoms with E-state index in [0.29, 0.717) is 34.8 Å². The number of anilines is 1. The van der Waals surface area contributed by atoms with Crippen LogP contribution in [0.5, 0.6) is 11.5 Å². The minimum atomic E-state index is -0.492. The number of nitro benzene ring substituents is 1. The molecule has 172 valence electrons. The number of amides is 1. The van der Waals surface area contributed by atoms with E-state index in [9.17, 15) is 20.2 Å². The maximum Gasteiger partial charge on any atom is 0.269 e. The number of aryl methyl sites for hydroxylation is 1. The van der Waals surface area contributed by atoms with Crippen LogP contribution < -0.4 is 14.8 Å². The molecule has 34 heavy (non-hydrogen) atoms. The van der Waals surface area contributed by atoms with Gasteiger partial charge >= 0.3 is 0 Å². The summed E-state index contributed by atoms with van der Waals surface area (Å²) in [5.74, 6) is 0.527. The third-order valence-corrected chi connectivity index (χ3v) is 4.87. The molecule has 3 aromatic rings. The molecule has 0 saturated heterocycles. The van der Waals surface area contributed by atoms with Gasteiger partial charge in [0.15, 0.2) is 18.1 Å². The first-order chi connectivity index (χ1) is 16.4. The minimum absolute atomic E-state index is 0.0485. The highest BCUT2D eigenvalue weighted by atomic mass is 16.6. The number of non-ortho nitro benzene ring substituents is 1. The van der Waals surface area contributed by atoms with Crippen molar-refractivity contribution in [3.8, 4) is 17.6 Å². The monoisotopic (exact) mass is 457 g/mol. The second-order valence-corrected chi connectivity index (χ2v) is 7.26. The first-order valence-electron chi connectivity index (χ1n) is 10.5. The Labute approximate surface area is 197 Å². The second-order valence-electron chi connectivity index (χ2n) is 7.26. The quantitative estimate of drug-likeness (QED) is 0.200. The number of benzene rings is 3. The molecule has 3 rings (SSSR count). The van der Waals surface area contributed by atoms with Crippen molar-refractivity contribution < 1.29 is 19.2 Å². The van der Waals surface area contributed by atoms with Crippen LogP contribution in [-0.2, 0) is 4.79 Å². The number of hydrogen-bond donors (Lipinski definition) is 1. The van der Waals surface area contributed by atoms with Gasteiger partial charge in [-0.15, -0.1) is 0 Å². The largest absolute Gasteiger partial charge is 0.490 e. The Morgan fingerprint density at radius 2 is 1.82 bits per heavy atom. The van der Waals surface area contributed by atoms with Gasteiger partial charge in [0.1, 0.15) is 0 Å². The van der Waals surface area contributed by atoms with Crippen molar-refractivity contribution in [1.29, 1.82) is 5.26 Å². The predicted octanol–water partition coefficient (Wildman–Crippen LogP) is 5.38. The normalized spacial score (nSPS) is 10.8. The molecule has 0 aliphatic heterocycles. The van der Waals surface area contributed by atoms with Crippen molar-refractivity contribution >= 4 is 28.9 Å². The maximum atomic E-state index is 12.3. The lowest BCUT2D eigenvalue weighted by molar-refractivity contribution is -0.384. The van der Waals surface area contributed by atoms with Crippen LogP contribution in [0, 0.1) is 28.4 Å². The van der Waals surface area contributed by atoms with Gasteiger partial charge in [-0.1, -0.05) is 24.3 Å². The van der Waals surface area contributed by atoms with E-state index in [1.807, 2.05) is 38.1 Å². The number of nitro groups is 1. The Balaban J connectivity index is 1.76. The van der Waals surface area contributed by atoms with E-state index >= 15 is 0 Å². The molecule has 0 bridgehead atoms. The van der Waals surface area contributed by atoms with Crippen molar-refractivity contribution in [3.05, 3.63) is 93.5 Å². The maximum absolute atomic E-state index is 12.3. The van der Waals surface area contributed by atoms with Crippen LogP contribution in [0.1, 0.15) is 23.6 Å². The zero-order valence-electron chi connectivity index (χ0n) is 18.8. The molecule has 0 aliphatic carbocycles. The molecule has 0 unspecified atom stereocenters. The number of hydrogen-bond acceptors (Lipinski definition) is 6. The molecule has 0 spiro atoms. The summed E-state index contributed by atoms with van der Waals surface area (Å²) in [6.07, 6.45) is 1.65. The third-order valence-electron chi connectivity index (χ3n) is 4.87. The fraction of sp³-hybridized carbons (Fsp3) is 0.154. The van der Waals surface area contributed by atoms with Crippen LogP contribution >= 0.6 is 0 Å². The number of ether oxygens (including phenoxy) is 2. The summed E-state index contributed by atoms with van der Waals surface area (Å²) >= 11 is 0. The van der Waals surface area contributed by atoms with E-state index in [-0.39, 0.29) is 18.2 Å². The van der Waals surface area contributed by atoms with E-state index in [1.165, 1.54) is 24.3 Å². The number of nitriles is 1. The minimum Gasteiger partial charge on any atom is -0.490 e. The highest BCUT2D eigenvalue weighted by Gasteiger charge is 2.11. The van der Waals surface area contributed by atoms with Gasteiger partial charge in [0.05, 0.1) is 23.2 Å². The van der Waals surface area contributed by atoms with Crippen LogP contribution in [0.25, 0.3) is 11.6 Å². The molecule has 0 heterocycles. The fourth-order valence-corrected chi connectivity index (χ4v) is 3.15. The van der Waals surface area contributed by atoms with Gasteiger partial charge in [0, 0.05) is 17.8 Å². The predicted molar refractivity (Wildman–Crippen MR) is 129 cm³/mol. The Kier molecular flexibility index (Phi) is 7.97. The van der Waals surface area contributed by atoms with E-state index in [4.69, 9.17) is 9.47 Å². The Morgan fingerprint density at radius 3 is 2.47 bits per heavy atom. The molecule has 0 saturated carbocycles. The summed E-state index contributed by atoms with van der Waals surface area (Å²) in [4.78, 5) is 22.7. The number of rotatable bonds is 9. The lowest BCUT2D eigenvalue weighted by atomic mass is 10.0. The SMILES string of the molecule is CCOc1cc(/C=C(\C#N)c2ccc([N+](=O)[O-])cc2)ccc1OCC(=O)Nc1ccccc1C. The summed E-state index contributed by atoms with van der Waals surface area (Å²) < 4.78 is 11.4. The Hall–Kier alpha value is -4.64. The van der Waals surface area contributed by atoms with Crippen LogP contribution in [0.3, 0.4) is 0 Å². The van der Waals surface area contributed by atoms with Gasteiger partial charge in [0.25, 0.3) is 11.6 Å². The molecule has 0 aromatic heterocycles. The first kappa shape index (κ1) is 24.0. The highest BCUT2D eigenvalue weighted by Crippen LogP contribution is 2.30.